The highest BCUT2D eigenvalue weighted by molar-refractivity contribution is 5.48. The van der Waals surface area contributed by atoms with Gasteiger partial charge in [0, 0.05) is 30.9 Å². The van der Waals surface area contributed by atoms with Gasteiger partial charge in [0.1, 0.15) is 5.82 Å². The fourth-order valence-electron chi connectivity index (χ4n) is 2.20. The topological polar surface area (TPSA) is 52.0 Å². The second kappa shape index (κ2) is 4.72. The monoisotopic (exact) mass is 230 g/mol. The molecule has 2 unspecified atom stereocenters. The molecule has 0 saturated carbocycles. The molecule has 2 atom stereocenters. The number of nitriles is 1. The van der Waals surface area contributed by atoms with Crippen LogP contribution >= 0.6 is 0 Å². The van der Waals surface area contributed by atoms with Crippen molar-refractivity contribution in [3.8, 4) is 6.07 Å². The van der Waals surface area contributed by atoms with Crippen molar-refractivity contribution in [3.63, 3.8) is 0 Å². The molecule has 1 saturated heterocycles. The van der Waals surface area contributed by atoms with E-state index in [0.717, 1.165) is 24.6 Å². The second-order valence-corrected chi connectivity index (χ2v) is 4.78. The van der Waals surface area contributed by atoms with Crippen LogP contribution in [0.15, 0.2) is 12.1 Å². The zero-order valence-corrected chi connectivity index (χ0v) is 10.6. The molecule has 17 heavy (non-hydrogen) atoms. The molecule has 4 heteroatoms. The van der Waals surface area contributed by atoms with E-state index in [1.54, 1.807) is 0 Å². The first kappa shape index (κ1) is 11.9. The van der Waals surface area contributed by atoms with Crippen molar-refractivity contribution in [2.24, 2.45) is 0 Å². The van der Waals surface area contributed by atoms with E-state index < -0.39 is 0 Å². The molecular weight excluding hydrogens is 212 g/mol. The Morgan fingerprint density at radius 2 is 2.24 bits per heavy atom. The van der Waals surface area contributed by atoms with Crippen LogP contribution in [-0.2, 0) is 0 Å². The third-order valence-corrected chi connectivity index (χ3v) is 3.13. The Balaban J connectivity index is 2.32. The average molecular weight is 230 g/mol. The van der Waals surface area contributed by atoms with E-state index in [1.807, 2.05) is 19.1 Å². The van der Waals surface area contributed by atoms with Gasteiger partial charge < -0.3 is 10.2 Å². The van der Waals surface area contributed by atoms with Gasteiger partial charge in [0.05, 0.1) is 11.6 Å². The molecule has 4 nitrogen and oxygen atoms in total. The van der Waals surface area contributed by atoms with Crippen molar-refractivity contribution in [3.05, 3.63) is 23.4 Å². The number of aromatic nitrogens is 1. The van der Waals surface area contributed by atoms with Gasteiger partial charge in [-0.05, 0) is 32.9 Å². The molecular formula is C13H18N4. The van der Waals surface area contributed by atoms with Gasteiger partial charge in [-0.25, -0.2) is 4.98 Å². The summed E-state index contributed by atoms with van der Waals surface area (Å²) < 4.78 is 0. The van der Waals surface area contributed by atoms with E-state index in [9.17, 15) is 0 Å². The van der Waals surface area contributed by atoms with Gasteiger partial charge in [0.15, 0.2) is 0 Å². The summed E-state index contributed by atoms with van der Waals surface area (Å²) in [6, 6.07) is 6.75. The molecule has 1 aromatic heterocycles. The Hall–Kier alpha value is -1.60. The van der Waals surface area contributed by atoms with Crippen molar-refractivity contribution >= 4 is 5.82 Å². The number of anilines is 1. The fraction of sp³-hybridized carbons (Fsp3) is 0.538. The smallest absolute Gasteiger partial charge is 0.130 e. The Morgan fingerprint density at radius 1 is 1.47 bits per heavy atom. The molecule has 2 heterocycles. The summed E-state index contributed by atoms with van der Waals surface area (Å²) in [7, 11) is 0. The van der Waals surface area contributed by atoms with Gasteiger partial charge in [0.2, 0.25) is 0 Å². The Morgan fingerprint density at radius 3 is 2.94 bits per heavy atom. The molecule has 2 rings (SSSR count). The summed E-state index contributed by atoms with van der Waals surface area (Å²) in [5.74, 6) is 0.919. The standard InChI is InChI=1S/C13H18N4/c1-9-4-12(6-14)5-13(16-9)17-8-10(2)15-7-11(17)3/h4-5,10-11,15H,7-8H2,1-3H3. The number of piperazine rings is 1. The van der Waals surface area contributed by atoms with Crippen LogP contribution in [0.3, 0.4) is 0 Å². The highest BCUT2D eigenvalue weighted by Crippen LogP contribution is 2.19. The predicted octanol–water partition coefficient (Wildman–Crippen LogP) is 1.45. The number of hydrogen-bond donors (Lipinski definition) is 1. The molecule has 1 aliphatic rings. The lowest BCUT2D eigenvalue weighted by atomic mass is 10.1. The van der Waals surface area contributed by atoms with Gasteiger partial charge in [-0.2, -0.15) is 5.26 Å². The fourth-order valence-corrected chi connectivity index (χ4v) is 2.20. The first-order chi connectivity index (χ1) is 8.10. The summed E-state index contributed by atoms with van der Waals surface area (Å²) in [6.45, 7) is 8.16. The third-order valence-electron chi connectivity index (χ3n) is 3.13. The predicted molar refractivity (Wildman–Crippen MR) is 68.0 cm³/mol. The largest absolute Gasteiger partial charge is 0.351 e. The second-order valence-electron chi connectivity index (χ2n) is 4.78. The number of nitrogens with zero attached hydrogens (tertiary/aromatic N) is 3. The van der Waals surface area contributed by atoms with Crippen LogP contribution in [0.4, 0.5) is 5.82 Å². The van der Waals surface area contributed by atoms with Crippen molar-refractivity contribution < 1.29 is 0 Å². The van der Waals surface area contributed by atoms with Gasteiger partial charge >= 0.3 is 0 Å². The maximum Gasteiger partial charge on any atom is 0.130 e. The summed E-state index contributed by atoms with van der Waals surface area (Å²) in [6.07, 6.45) is 0. The molecule has 0 radical (unpaired) electrons. The lowest BCUT2D eigenvalue weighted by Gasteiger charge is -2.38. The maximum absolute atomic E-state index is 8.99. The van der Waals surface area contributed by atoms with Crippen LogP contribution in [0.1, 0.15) is 25.1 Å². The van der Waals surface area contributed by atoms with Crippen molar-refractivity contribution in [1.82, 2.24) is 10.3 Å². The molecule has 0 bridgehead atoms. The minimum Gasteiger partial charge on any atom is -0.351 e. The first-order valence-corrected chi connectivity index (χ1v) is 5.99. The number of rotatable bonds is 1. The van der Waals surface area contributed by atoms with E-state index in [1.165, 1.54) is 0 Å². The zero-order valence-electron chi connectivity index (χ0n) is 10.6. The molecule has 90 valence electrons. The Bertz CT molecular complexity index is 449. The van der Waals surface area contributed by atoms with Crippen molar-refractivity contribution in [2.45, 2.75) is 32.9 Å². The number of aryl methyl sites for hydroxylation is 1. The Kier molecular flexibility index (Phi) is 3.30. The van der Waals surface area contributed by atoms with E-state index in [2.05, 4.69) is 35.1 Å². The van der Waals surface area contributed by atoms with E-state index in [0.29, 0.717) is 17.6 Å². The Labute approximate surface area is 102 Å². The van der Waals surface area contributed by atoms with Crippen LogP contribution < -0.4 is 10.2 Å². The van der Waals surface area contributed by atoms with Crippen LogP contribution in [-0.4, -0.2) is 30.2 Å². The third kappa shape index (κ3) is 2.56. The highest BCUT2D eigenvalue weighted by atomic mass is 15.3. The normalized spacial score (nSPS) is 24.5. The van der Waals surface area contributed by atoms with Crippen LogP contribution in [0.2, 0.25) is 0 Å². The molecule has 1 fully saturated rings. The lowest BCUT2D eigenvalue weighted by molar-refractivity contribution is 0.422. The van der Waals surface area contributed by atoms with Crippen LogP contribution in [0.25, 0.3) is 0 Å². The summed E-state index contributed by atoms with van der Waals surface area (Å²) in [4.78, 5) is 6.81. The summed E-state index contributed by atoms with van der Waals surface area (Å²) in [5, 5.41) is 12.4. The molecule has 0 spiro atoms. The minimum absolute atomic E-state index is 0.409. The van der Waals surface area contributed by atoms with Gasteiger partial charge in [-0.1, -0.05) is 0 Å². The van der Waals surface area contributed by atoms with Gasteiger partial charge in [-0.15, -0.1) is 0 Å². The first-order valence-electron chi connectivity index (χ1n) is 5.99. The molecule has 0 amide bonds. The molecule has 1 aromatic rings. The summed E-state index contributed by atoms with van der Waals surface area (Å²) in [5.41, 5.74) is 1.59. The minimum atomic E-state index is 0.409. The van der Waals surface area contributed by atoms with E-state index >= 15 is 0 Å². The molecule has 0 aromatic carbocycles. The number of nitrogens with one attached hydrogen (secondary N) is 1. The van der Waals surface area contributed by atoms with E-state index in [-0.39, 0.29) is 0 Å². The molecule has 0 aliphatic carbocycles. The number of pyridine rings is 1. The maximum atomic E-state index is 8.99. The van der Waals surface area contributed by atoms with Crippen LogP contribution in [0, 0.1) is 18.3 Å². The number of hydrogen-bond acceptors (Lipinski definition) is 4. The van der Waals surface area contributed by atoms with E-state index in [4.69, 9.17) is 5.26 Å². The van der Waals surface area contributed by atoms with Gasteiger partial charge in [0.25, 0.3) is 0 Å². The lowest BCUT2D eigenvalue weighted by Crippen LogP contribution is -2.54. The van der Waals surface area contributed by atoms with Crippen molar-refractivity contribution in [2.75, 3.05) is 18.0 Å². The van der Waals surface area contributed by atoms with Gasteiger partial charge in [-0.3, -0.25) is 0 Å². The van der Waals surface area contributed by atoms with Crippen LogP contribution in [0.5, 0.6) is 0 Å². The quantitative estimate of drug-likeness (QED) is 0.793. The average Bonchev–Trinajstić information content (AvgIpc) is 2.31. The summed E-state index contributed by atoms with van der Waals surface area (Å²) >= 11 is 0. The van der Waals surface area contributed by atoms with Crippen molar-refractivity contribution in [1.29, 1.82) is 5.26 Å². The highest BCUT2D eigenvalue weighted by Gasteiger charge is 2.23. The molecule has 1 N–H and O–H groups in total. The molecule has 1 aliphatic heterocycles. The SMILES string of the molecule is Cc1cc(C#N)cc(N2CC(C)NCC2C)n1. The zero-order chi connectivity index (χ0) is 12.4.